The van der Waals surface area contributed by atoms with Gasteiger partial charge in [0.1, 0.15) is 24.2 Å². The summed E-state index contributed by atoms with van der Waals surface area (Å²) in [6.07, 6.45) is 13.5. The monoisotopic (exact) mass is 903 g/mol. The quantitative estimate of drug-likeness (QED) is 0.0638. The van der Waals surface area contributed by atoms with Gasteiger partial charge in [-0.2, -0.15) is 0 Å². The molecule has 1 aromatic carbocycles. The predicted octanol–water partition coefficient (Wildman–Crippen LogP) is 4.91. The van der Waals surface area contributed by atoms with Crippen LogP contribution in [0.1, 0.15) is 78.7 Å². The van der Waals surface area contributed by atoms with Crippen molar-refractivity contribution in [3.05, 3.63) is 84.0 Å². The molecule has 314 valence electrons. The number of aliphatic hydroxyl groups is 1. The van der Waals surface area contributed by atoms with Crippen molar-refractivity contribution < 1.29 is 38.7 Å². The number of nitrogens with one attached hydrogen (secondary N) is 3. The van der Waals surface area contributed by atoms with E-state index in [9.17, 15) is 29.1 Å². The molecule has 2 bridgehead atoms. The molecule has 6 unspecified atom stereocenters. The lowest BCUT2D eigenvalue weighted by Gasteiger charge is -2.36. The molecule has 57 heavy (non-hydrogen) atoms. The van der Waals surface area contributed by atoms with Crippen molar-refractivity contribution in [2.75, 3.05) is 20.7 Å². The number of amides is 4. The first-order valence-electron chi connectivity index (χ1n) is 19.9. The predicted molar refractivity (Wildman–Crippen MR) is 228 cm³/mol. The zero-order chi connectivity index (χ0) is 42.1. The molecule has 1 aromatic rings. The number of halogens is 1. The third kappa shape index (κ3) is 15.4. The third-order valence-corrected chi connectivity index (χ3v) is 10.9. The van der Waals surface area contributed by atoms with E-state index in [1.165, 1.54) is 25.2 Å². The van der Waals surface area contributed by atoms with E-state index in [4.69, 9.17) is 9.57 Å². The Labute approximate surface area is 351 Å². The van der Waals surface area contributed by atoms with Crippen molar-refractivity contribution in [1.29, 1.82) is 0 Å². The number of cyclic esters (lactones) is 1. The number of hydrogen-bond acceptors (Lipinski definition) is 9. The largest absolute Gasteiger partial charge is 0.456 e. The van der Waals surface area contributed by atoms with Gasteiger partial charge in [0.25, 0.3) is 11.8 Å². The molecule has 8 atom stereocenters. The summed E-state index contributed by atoms with van der Waals surface area (Å²) in [5, 5.41) is 19.9. The van der Waals surface area contributed by atoms with Gasteiger partial charge in [0.2, 0.25) is 11.8 Å². The third-order valence-electron chi connectivity index (χ3n) is 10.3. The molecule has 2 aliphatic heterocycles. The maximum absolute atomic E-state index is 14.3. The number of esters is 1. The van der Waals surface area contributed by atoms with E-state index in [0.717, 1.165) is 10.6 Å². The summed E-state index contributed by atoms with van der Waals surface area (Å²) in [4.78, 5) is 73.3. The van der Waals surface area contributed by atoms with Gasteiger partial charge in [-0.1, -0.05) is 117 Å². The number of rotatable bonds is 10. The zero-order valence-electron chi connectivity index (χ0n) is 34.4. The number of aliphatic hydroxyl groups excluding tert-OH is 1. The first kappa shape index (κ1) is 47.5. The van der Waals surface area contributed by atoms with Crippen LogP contribution in [0, 0.1) is 17.8 Å². The molecule has 1 saturated heterocycles. The lowest BCUT2D eigenvalue weighted by molar-refractivity contribution is -0.162. The Morgan fingerprint density at radius 3 is 2.40 bits per heavy atom. The van der Waals surface area contributed by atoms with Crippen molar-refractivity contribution in [1.82, 2.24) is 26.1 Å². The first-order valence-corrected chi connectivity index (χ1v) is 21.1. The number of hydrogen-bond donors (Lipinski definition) is 4. The fourth-order valence-electron chi connectivity index (χ4n) is 6.60. The average molecular weight is 904 g/mol. The fourth-order valence-corrected chi connectivity index (χ4v) is 6.96. The number of carbonyl (C=O) groups is 5. The van der Waals surface area contributed by atoms with E-state index < -0.39 is 59.9 Å². The minimum atomic E-state index is -1.03. The van der Waals surface area contributed by atoms with Gasteiger partial charge in [0.05, 0.1) is 19.1 Å². The summed E-state index contributed by atoms with van der Waals surface area (Å²) in [6.45, 7) is 9.70. The van der Waals surface area contributed by atoms with Gasteiger partial charge in [0, 0.05) is 36.4 Å². The zero-order valence-corrected chi connectivity index (χ0v) is 36.5. The standard InChI is InChI=1S/C43H62IN5O8/c1-28(2)38-41(53)45-35(27-32-19-12-10-13-20-32)42(54)49-26-16-21-34(47-49)43(55)57-36(29(3)18-15-23-37(50)48(6)56-7)22-14-9-8-11-17-30(4)39(51)33(40(52)46-38)25-24-31(5)44/h8-15,18-20,23,28,30-31,33-36,38-39,47,51H,16-17,21-22,24-27H2,1-7H3,(H,45,53)(H,46,52)/b11-8+,14-9+,23-15+,29-18+/t30?,31?,33-,34?,35?,36+,38?,39?/m1/s1. The molecular formula is C43H62IN5O8. The highest BCUT2D eigenvalue weighted by Crippen LogP contribution is 2.25. The Morgan fingerprint density at radius 2 is 1.75 bits per heavy atom. The minimum absolute atomic E-state index is 0.173. The maximum atomic E-state index is 14.3. The molecule has 0 aromatic heterocycles. The number of benzene rings is 1. The van der Waals surface area contributed by atoms with Gasteiger partial charge in [0.15, 0.2) is 0 Å². The molecule has 0 spiro atoms. The number of hydrazine groups is 1. The normalized spacial score (nSPS) is 28.1. The van der Waals surface area contributed by atoms with Gasteiger partial charge in [-0.3, -0.25) is 33.8 Å². The van der Waals surface area contributed by atoms with Crippen molar-refractivity contribution in [2.24, 2.45) is 17.8 Å². The molecule has 1 fully saturated rings. The van der Waals surface area contributed by atoms with Gasteiger partial charge >= 0.3 is 5.97 Å². The Morgan fingerprint density at radius 1 is 1.07 bits per heavy atom. The van der Waals surface area contributed by atoms with Crippen LogP contribution >= 0.6 is 22.6 Å². The second kappa shape index (κ2) is 24.2. The minimum Gasteiger partial charge on any atom is -0.456 e. The Hall–Kier alpha value is -3.86. The summed E-state index contributed by atoms with van der Waals surface area (Å²) in [5.41, 5.74) is 4.57. The topological polar surface area (TPSA) is 167 Å². The summed E-state index contributed by atoms with van der Waals surface area (Å²) in [6, 6.07) is 6.47. The number of likely N-dealkylation sites (N-methyl/N-ethyl adjacent to an activating group) is 1. The second-order valence-electron chi connectivity index (χ2n) is 15.3. The van der Waals surface area contributed by atoms with Gasteiger partial charge in [-0.15, -0.1) is 0 Å². The van der Waals surface area contributed by atoms with Crippen molar-refractivity contribution in [2.45, 2.75) is 114 Å². The number of alkyl halides is 1. The molecule has 3 rings (SSSR count). The van der Waals surface area contributed by atoms with Crippen LogP contribution in [0.4, 0.5) is 0 Å². The molecule has 0 aliphatic carbocycles. The summed E-state index contributed by atoms with van der Waals surface area (Å²) < 4.78 is 6.33. The number of hydroxylamine groups is 2. The van der Waals surface area contributed by atoms with E-state index in [-0.39, 0.29) is 28.1 Å². The second-order valence-corrected chi connectivity index (χ2v) is 17.4. The molecular weight excluding hydrogens is 841 g/mol. The number of ether oxygens (including phenoxy) is 1. The van der Waals surface area contributed by atoms with Crippen LogP contribution in [0.15, 0.2) is 78.4 Å². The molecule has 13 nitrogen and oxygen atoms in total. The SMILES string of the molecule is CON(C)C(=O)/C=C/C=C(\C)[C@@H]1C/C=C/C=C/CC(C)C(O)[C@@H](CCC(C)I)C(=O)NC(C(C)C)C(=O)NC(Cc2ccccc2)C(=O)N2CCCC(N2)C(=O)O1. The molecule has 0 saturated carbocycles. The molecule has 2 aliphatic rings. The fraction of sp³-hybridized carbons (Fsp3) is 0.558. The maximum Gasteiger partial charge on any atom is 0.325 e. The Balaban J connectivity index is 2.02. The number of carbonyl (C=O) groups excluding carboxylic acids is 5. The molecule has 4 N–H and O–H groups in total. The average Bonchev–Trinajstić information content (AvgIpc) is 3.19. The highest BCUT2D eigenvalue weighted by atomic mass is 127. The van der Waals surface area contributed by atoms with Gasteiger partial charge < -0.3 is 20.5 Å². The van der Waals surface area contributed by atoms with E-state index >= 15 is 0 Å². The smallest absolute Gasteiger partial charge is 0.325 e. The summed E-state index contributed by atoms with van der Waals surface area (Å²) in [5.74, 6) is -3.64. The van der Waals surface area contributed by atoms with Crippen LogP contribution < -0.4 is 16.1 Å². The summed E-state index contributed by atoms with van der Waals surface area (Å²) >= 11 is 2.30. The lowest BCUT2D eigenvalue weighted by atomic mass is 9.85. The number of allylic oxidation sites excluding steroid dienone is 5. The van der Waals surface area contributed by atoms with Crippen LogP contribution in [0.3, 0.4) is 0 Å². The highest BCUT2D eigenvalue weighted by molar-refractivity contribution is 14.1. The molecule has 2 heterocycles. The highest BCUT2D eigenvalue weighted by Gasteiger charge is 2.37. The van der Waals surface area contributed by atoms with Crippen molar-refractivity contribution >= 4 is 52.2 Å². The lowest BCUT2D eigenvalue weighted by Crippen LogP contribution is -2.62. The van der Waals surface area contributed by atoms with Crippen LogP contribution in [0.2, 0.25) is 0 Å². The van der Waals surface area contributed by atoms with Gasteiger partial charge in [-0.25, -0.2) is 10.5 Å². The summed E-state index contributed by atoms with van der Waals surface area (Å²) in [7, 11) is 2.89. The van der Waals surface area contributed by atoms with Crippen molar-refractivity contribution in [3.8, 4) is 0 Å². The van der Waals surface area contributed by atoms with E-state index in [0.29, 0.717) is 50.6 Å². The molecule has 4 amide bonds. The van der Waals surface area contributed by atoms with Gasteiger partial charge in [-0.05, 0) is 62.0 Å². The van der Waals surface area contributed by atoms with E-state index in [2.05, 4.69) is 45.6 Å². The molecule has 0 radical (unpaired) electrons. The number of fused-ring (bicyclic) bond motifs is 2. The first-order chi connectivity index (χ1) is 27.1. The van der Waals surface area contributed by atoms with E-state index in [1.807, 2.05) is 75.4 Å². The van der Waals surface area contributed by atoms with Crippen LogP contribution in [0.25, 0.3) is 0 Å². The van der Waals surface area contributed by atoms with Crippen LogP contribution in [-0.4, -0.2) is 99.7 Å². The van der Waals surface area contributed by atoms with Crippen LogP contribution in [-0.2, 0) is 40.0 Å². The molecule has 14 heteroatoms. The Kier molecular flexibility index (Phi) is 20.1. The van der Waals surface area contributed by atoms with E-state index in [1.54, 1.807) is 19.1 Å². The Bertz CT molecular complexity index is 1610. The van der Waals surface area contributed by atoms with Crippen molar-refractivity contribution in [3.63, 3.8) is 0 Å². The number of nitrogens with zero attached hydrogens (tertiary/aromatic N) is 2. The van der Waals surface area contributed by atoms with Crippen LogP contribution in [0.5, 0.6) is 0 Å².